The van der Waals surface area contributed by atoms with Crippen LogP contribution in [0.5, 0.6) is 0 Å². The number of furan rings is 1. The molecule has 0 spiro atoms. The standard InChI is InChI=1S/C22H22N4O4S/c1-29-14-6-13-25-21(20(24-22(25)31)16-8-4-5-12-23-16)19-11-10-18(30-19)15-7-2-3-9-17(15)26(27)28/h2-5,7-12,20-21H,6,13-14H2,1H3,(H,24,31)/t20-,21-/m1/s1. The molecule has 160 valence electrons. The SMILES string of the molecule is COCCCN1C(=S)N[C@H](c2ccccn2)[C@H]1c1ccc(-c2ccccc2[N+](=O)[O-])o1. The molecule has 0 amide bonds. The van der Waals surface area contributed by atoms with Gasteiger partial charge >= 0.3 is 0 Å². The van der Waals surface area contributed by atoms with Crippen LogP contribution in [0, 0.1) is 10.1 Å². The number of thiocarbonyl (C=S) groups is 1. The van der Waals surface area contributed by atoms with E-state index >= 15 is 0 Å². The highest BCUT2D eigenvalue weighted by atomic mass is 32.1. The van der Waals surface area contributed by atoms with Crippen molar-refractivity contribution in [2.45, 2.75) is 18.5 Å². The lowest BCUT2D eigenvalue weighted by atomic mass is 10.0. The Labute approximate surface area is 185 Å². The highest BCUT2D eigenvalue weighted by Crippen LogP contribution is 2.41. The highest BCUT2D eigenvalue weighted by Gasteiger charge is 2.41. The number of rotatable bonds is 8. The molecular weight excluding hydrogens is 416 g/mol. The molecule has 2 aromatic heterocycles. The van der Waals surface area contributed by atoms with Crippen molar-refractivity contribution in [1.82, 2.24) is 15.2 Å². The molecule has 0 saturated carbocycles. The summed E-state index contributed by atoms with van der Waals surface area (Å²) in [4.78, 5) is 17.6. The van der Waals surface area contributed by atoms with Crippen LogP contribution in [0.15, 0.2) is 65.2 Å². The van der Waals surface area contributed by atoms with Crippen LogP contribution >= 0.6 is 12.2 Å². The monoisotopic (exact) mass is 438 g/mol. The Morgan fingerprint density at radius 2 is 2.03 bits per heavy atom. The number of nitrogens with zero attached hydrogens (tertiary/aromatic N) is 3. The number of benzene rings is 1. The number of aromatic nitrogens is 1. The van der Waals surface area contributed by atoms with Gasteiger partial charge in [0.2, 0.25) is 0 Å². The van der Waals surface area contributed by atoms with Crippen LogP contribution in [0.1, 0.15) is 30.0 Å². The Hall–Kier alpha value is -3.30. The van der Waals surface area contributed by atoms with Crippen LogP contribution in [0.2, 0.25) is 0 Å². The summed E-state index contributed by atoms with van der Waals surface area (Å²) in [6, 6.07) is 15.5. The third kappa shape index (κ3) is 4.28. The van der Waals surface area contributed by atoms with Gasteiger partial charge < -0.3 is 19.4 Å². The molecule has 3 heterocycles. The van der Waals surface area contributed by atoms with Crippen molar-refractivity contribution in [3.05, 3.63) is 82.4 Å². The van der Waals surface area contributed by atoms with Crippen LogP contribution in [-0.2, 0) is 4.74 Å². The number of pyridine rings is 1. The second kappa shape index (κ2) is 9.23. The van der Waals surface area contributed by atoms with Gasteiger partial charge in [0.1, 0.15) is 17.6 Å². The summed E-state index contributed by atoms with van der Waals surface area (Å²) in [6.45, 7) is 1.29. The van der Waals surface area contributed by atoms with Crippen LogP contribution < -0.4 is 5.32 Å². The summed E-state index contributed by atoms with van der Waals surface area (Å²) in [5, 5.41) is 15.4. The van der Waals surface area contributed by atoms with Gasteiger partial charge in [0, 0.05) is 32.5 Å². The molecule has 0 bridgehead atoms. The number of nitro benzene ring substituents is 1. The van der Waals surface area contributed by atoms with E-state index in [2.05, 4.69) is 15.2 Å². The normalized spacial score (nSPS) is 18.2. The van der Waals surface area contributed by atoms with Crippen molar-refractivity contribution in [3.63, 3.8) is 0 Å². The Morgan fingerprint density at radius 3 is 2.77 bits per heavy atom. The zero-order chi connectivity index (χ0) is 21.8. The van der Waals surface area contributed by atoms with E-state index in [0.29, 0.717) is 35.3 Å². The molecule has 1 aliphatic rings. The molecule has 1 N–H and O–H groups in total. The van der Waals surface area contributed by atoms with E-state index in [-0.39, 0.29) is 17.8 Å². The van der Waals surface area contributed by atoms with Crippen molar-refractivity contribution in [2.24, 2.45) is 0 Å². The molecule has 1 aliphatic heterocycles. The maximum Gasteiger partial charge on any atom is 0.280 e. The minimum absolute atomic E-state index is 0.00157. The number of ether oxygens (including phenoxy) is 1. The number of methoxy groups -OCH3 is 1. The zero-order valence-corrected chi connectivity index (χ0v) is 17.7. The molecule has 3 aromatic rings. The minimum atomic E-state index is -0.405. The highest BCUT2D eigenvalue weighted by molar-refractivity contribution is 7.80. The summed E-state index contributed by atoms with van der Waals surface area (Å²) < 4.78 is 11.4. The molecule has 0 unspecified atom stereocenters. The first-order chi connectivity index (χ1) is 15.1. The summed E-state index contributed by atoms with van der Waals surface area (Å²) in [7, 11) is 1.67. The van der Waals surface area contributed by atoms with Gasteiger partial charge in [0.05, 0.1) is 22.2 Å². The number of hydrogen-bond donors (Lipinski definition) is 1. The topological polar surface area (TPSA) is 93.7 Å². The summed E-state index contributed by atoms with van der Waals surface area (Å²) in [5.74, 6) is 1.10. The second-order valence-electron chi connectivity index (χ2n) is 7.14. The van der Waals surface area contributed by atoms with Crippen molar-refractivity contribution in [3.8, 4) is 11.3 Å². The quantitative estimate of drug-likeness (QED) is 0.241. The number of nitrogens with one attached hydrogen (secondary N) is 1. The van der Waals surface area contributed by atoms with Gasteiger partial charge in [0.15, 0.2) is 5.11 Å². The van der Waals surface area contributed by atoms with E-state index in [1.54, 1.807) is 37.6 Å². The maximum atomic E-state index is 11.4. The third-order valence-corrected chi connectivity index (χ3v) is 5.58. The second-order valence-corrected chi connectivity index (χ2v) is 7.53. The van der Waals surface area contributed by atoms with Gasteiger partial charge in [0.25, 0.3) is 5.69 Å². The van der Waals surface area contributed by atoms with E-state index < -0.39 is 4.92 Å². The van der Waals surface area contributed by atoms with Gasteiger partial charge in [-0.25, -0.2) is 0 Å². The van der Waals surface area contributed by atoms with Gasteiger partial charge in [-0.3, -0.25) is 15.1 Å². The predicted octanol–water partition coefficient (Wildman–Crippen LogP) is 4.26. The third-order valence-electron chi connectivity index (χ3n) is 5.23. The van der Waals surface area contributed by atoms with Gasteiger partial charge in [-0.05, 0) is 49.0 Å². The molecule has 31 heavy (non-hydrogen) atoms. The molecule has 0 aliphatic carbocycles. The number of para-hydroxylation sites is 1. The van der Waals surface area contributed by atoms with Crippen LogP contribution in [0.4, 0.5) is 5.69 Å². The van der Waals surface area contributed by atoms with Crippen molar-refractivity contribution < 1.29 is 14.1 Å². The lowest BCUT2D eigenvalue weighted by Crippen LogP contribution is -2.31. The average molecular weight is 439 g/mol. The molecule has 8 nitrogen and oxygen atoms in total. The van der Waals surface area contributed by atoms with Crippen LogP contribution in [-0.4, -0.2) is 40.2 Å². The van der Waals surface area contributed by atoms with Crippen molar-refractivity contribution >= 4 is 23.0 Å². The van der Waals surface area contributed by atoms with E-state index in [1.165, 1.54) is 6.07 Å². The molecule has 1 fully saturated rings. The molecule has 2 atom stereocenters. The average Bonchev–Trinajstić information content (AvgIpc) is 3.39. The molecule has 0 radical (unpaired) electrons. The van der Waals surface area contributed by atoms with Crippen LogP contribution in [0.25, 0.3) is 11.3 Å². The fourth-order valence-electron chi connectivity index (χ4n) is 3.83. The molecular formula is C22H22N4O4S. The van der Waals surface area contributed by atoms with Gasteiger partial charge in [-0.1, -0.05) is 18.2 Å². The summed E-state index contributed by atoms with van der Waals surface area (Å²) in [6.07, 6.45) is 2.53. The van der Waals surface area contributed by atoms with Crippen molar-refractivity contribution in [1.29, 1.82) is 0 Å². The van der Waals surface area contributed by atoms with E-state index in [4.69, 9.17) is 21.4 Å². The summed E-state index contributed by atoms with van der Waals surface area (Å²) in [5.41, 5.74) is 1.28. The zero-order valence-electron chi connectivity index (χ0n) is 16.9. The first-order valence-electron chi connectivity index (χ1n) is 9.90. The first-order valence-corrected chi connectivity index (χ1v) is 10.3. The molecule has 1 aromatic carbocycles. The number of hydrogen-bond acceptors (Lipinski definition) is 6. The van der Waals surface area contributed by atoms with E-state index in [0.717, 1.165) is 12.1 Å². The lowest BCUT2D eigenvalue weighted by molar-refractivity contribution is -0.384. The maximum absolute atomic E-state index is 11.4. The fraction of sp³-hybridized carbons (Fsp3) is 0.273. The molecule has 4 rings (SSSR count). The van der Waals surface area contributed by atoms with E-state index in [9.17, 15) is 10.1 Å². The van der Waals surface area contributed by atoms with Crippen LogP contribution in [0.3, 0.4) is 0 Å². The smallest absolute Gasteiger partial charge is 0.280 e. The Kier molecular flexibility index (Phi) is 6.24. The Morgan fingerprint density at radius 1 is 1.23 bits per heavy atom. The fourth-order valence-corrected chi connectivity index (χ4v) is 4.16. The molecule has 1 saturated heterocycles. The van der Waals surface area contributed by atoms with E-state index in [1.807, 2.05) is 24.3 Å². The first kappa shape index (κ1) is 21.0. The van der Waals surface area contributed by atoms with Gasteiger partial charge in [-0.15, -0.1) is 0 Å². The molecule has 9 heteroatoms. The Bertz CT molecular complexity index is 1070. The lowest BCUT2D eigenvalue weighted by Gasteiger charge is -2.25. The van der Waals surface area contributed by atoms with Gasteiger partial charge in [-0.2, -0.15) is 0 Å². The predicted molar refractivity (Wildman–Crippen MR) is 119 cm³/mol. The number of nitro groups is 1. The largest absolute Gasteiger partial charge is 0.459 e. The van der Waals surface area contributed by atoms with Crippen molar-refractivity contribution in [2.75, 3.05) is 20.3 Å². The summed E-state index contributed by atoms with van der Waals surface area (Å²) >= 11 is 5.61. The Balaban J connectivity index is 1.72. The minimum Gasteiger partial charge on any atom is -0.459 e.